The minimum atomic E-state index is -1.11. The average molecular weight is 292 g/mol. The number of aromatic carboxylic acids is 1. The summed E-state index contributed by atoms with van der Waals surface area (Å²) < 4.78 is 10.8. The Morgan fingerprint density at radius 3 is 2.33 bits per heavy atom. The van der Waals surface area contributed by atoms with Crippen molar-refractivity contribution in [3.63, 3.8) is 0 Å². The molecular formula is C15H16O6. The van der Waals surface area contributed by atoms with Crippen LogP contribution < -0.4 is 9.47 Å². The molecule has 0 aliphatic rings. The summed E-state index contributed by atoms with van der Waals surface area (Å²) in [6.07, 6.45) is 0. The normalized spacial score (nSPS) is 10.6. The van der Waals surface area contributed by atoms with E-state index >= 15 is 0 Å². The number of aliphatic hydroxyl groups is 2. The van der Waals surface area contributed by atoms with E-state index in [1.165, 1.54) is 6.07 Å². The van der Waals surface area contributed by atoms with E-state index in [1.807, 2.05) is 0 Å². The van der Waals surface area contributed by atoms with Gasteiger partial charge >= 0.3 is 5.97 Å². The zero-order valence-electron chi connectivity index (χ0n) is 11.3. The van der Waals surface area contributed by atoms with Gasteiger partial charge in [0.1, 0.15) is 30.3 Å². The van der Waals surface area contributed by atoms with E-state index in [0.717, 1.165) is 0 Å². The van der Waals surface area contributed by atoms with Gasteiger partial charge in [-0.1, -0.05) is 12.1 Å². The number of carboxylic acids is 1. The predicted molar refractivity (Wildman–Crippen MR) is 76.1 cm³/mol. The Morgan fingerprint density at radius 2 is 1.67 bits per heavy atom. The average Bonchev–Trinajstić information content (AvgIpc) is 2.50. The van der Waals surface area contributed by atoms with Gasteiger partial charge in [0, 0.05) is 10.8 Å². The monoisotopic (exact) mass is 292 g/mol. The summed E-state index contributed by atoms with van der Waals surface area (Å²) in [5.74, 6) is -0.373. The number of carboxylic acid groups (broad SMARTS) is 1. The Hall–Kier alpha value is -2.31. The molecule has 21 heavy (non-hydrogen) atoms. The lowest BCUT2D eigenvalue weighted by molar-refractivity contribution is 0.0691. The van der Waals surface area contributed by atoms with Crippen LogP contribution in [-0.4, -0.2) is 47.7 Å². The standard InChI is InChI=1S/C15H16O6/c16-6-8-20-13-3-1-2-11-10(13)4-5-12(15(18)19)14(11)21-9-7-17/h1-5,16-17H,6-9H2,(H,18,19). The number of hydrogen-bond acceptors (Lipinski definition) is 5. The fraction of sp³-hybridized carbons (Fsp3) is 0.267. The van der Waals surface area contributed by atoms with E-state index in [4.69, 9.17) is 19.7 Å². The summed E-state index contributed by atoms with van der Waals surface area (Å²) in [4.78, 5) is 11.3. The molecule has 2 aromatic rings. The summed E-state index contributed by atoms with van der Waals surface area (Å²) in [6.45, 7) is -0.179. The van der Waals surface area contributed by atoms with Crippen molar-refractivity contribution in [2.45, 2.75) is 0 Å². The summed E-state index contributed by atoms with van der Waals surface area (Å²) >= 11 is 0. The fourth-order valence-corrected chi connectivity index (χ4v) is 2.05. The molecule has 0 spiro atoms. The second-order valence-electron chi connectivity index (χ2n) is 4.24. The lowest BCUT2D eigenvalue weighted by Crippen LogP contribution is -2.08. The van der Waals surface area contributed by atoms with Gasteiger partial charge in [-0.3, -0.25) is 0 Å². The van der Waals surface area contributed by atoms with Crippen LogP contribution in [0, 0.1) is 0 Å². The molecule has 0 unspecified atom stereocenters. The topological polar surface area (TPSA) is 96.2 Å². The maximum absolute atomic E-state index is 11.3. The third-order valence-electron chi connectivity index (χ3n) is 2.89. The van der Waals surface area contributed by atoms with Gasteiger partial charge in [0.15, 0.2) is 0 Å². The van der Waals surface area contributed by atoms with Gasteiger partial charge in [0.2, 0.25) is 0 Å². The molecule has 0 atom stereocenters. The Morgan fingerprint density at radius 1 is 0.952 bits per heavy atom. The number of benzene rings is 2. The van der Waals surface area contributed by atoms with E-state index in [2.05, 4.69) is 0 Å². The summed E-state index contributed by atoms with van der Waals surface area (Å²) in [7, 11) is 0. The van der Waals surface area contributed by atoms with Crippen molar-refractivity contribution in [2.75, 3.05) is 26.4 Å². The van der Waals surface area contributed by atoms with Crippen molar-refractivity contribution in [1.29, 1.82) is 0 Å². The van der Waals surface area contributed by atoms with E-state index < -0.39 is 5.97 Å². The predicted octanol–water partition coefficient (Wildman–Crippen LogP) is 1.28. The highest BCUT2D eigenvalue weighted by molar-refractivity contribution is 6.02. The number of ether oxygens (including phenoxy) is 2. The molecule has 0 heterocycles. The Labute approximate surface area is 121 Å². The van der Waals surface area contributed by atoms with Gasteiger partial charge in [-0.15, -0.1) is 0 Å². The smallest absolute Gasteiger partial charge is 0.339 e. The van der Waals surface area contributed by atoms with Gasteiger partial charge in [0.05, 0.1) is 13.2 Å². The van der Waals surface area contributed by atoms with Gasteiger partial charge in [-0.05, 0) is 18.2 Å². The summed E-state index contributed by atoms with van der Waals surface area (Å²) in [5.41, 5.74) is 0.0234. The SMILES string of the molecule is O=C(O)c1ccc2c(OCCO)cccc2c1OCCO. The molecule has 0 radical (unpaired) electrons. The Kier molecular flexibility index (Phi) is 4.97. The number of fused-ring (bicyclic) bond motifs is 1. The van der Waals surface area contributed by atoms with Gasteiger partial charge in [-0.2, -0.15) is 0 Å². The highest BCUT2D eigenvalue weighted by atomic mass is 16.5. The van der Waals surface area contributed by atoms with Crippen LogP contribution in [0.1, 0.15) is 10.4 Å². The van der Waals surface area contributed by atoms with Crippen molar-refractivity contribution in [1.82, 2.24) is 0 Å². The van der Waals surface area contributed by atoms with Crippen LogP contribution in [0.15, 0.2) is 30.3 Å². The first-order valence-corrected chi connectivity index (χ1v) is 6.45. The molecule has 0 saturated carbocycles. The first kappa shape index (κ1) is 15.1. The minimum Gasteiger partial charge on any atom is -0.491 e. The molecule has 0 aromatic heterocycles. The second kappa shape index (κ2) is 6.92. The molecule has 0 saturated heterocycles. The highest BCUT2D eigenvalue weighted by Crippen LogP contribution is 2.35. The maximum atomic E-state index is 11.3. The molecular weight excluding hydrogens is 276 g/mol. The van der Waals surface area contributed by atoms with Crippen LogP contribution in [0.2, 0.25) is 0 Å². The number of rotatable bonds is 7. The van der Waals surface area contributed by atoms with E-state index in [0.29, 0.717) is 16.5 Å². The fourth-order valence-electron chi connectivity index (χ4n) is 2.05. The van der Waals surface area contributed by atoms with Crippen molar-refractivity contribution < 1.29 is 29.6 Å². The highest BCUT2D eigenvalue weighted by Gasteiger charge is 2.16. The molecule has 0 fully saturated rings. The van der Waals surface area contributed by atoms with Gasteiger partial charge in [-0.25, -0.2) is 4.79 Å². The molecule has 2 aromatic carbocycles. The lowest BCUT2D eigenvalue weighted by Gasteiger charge is -2.14. The molecule has 2 rings (SSSR count). The van der Waals surface area contributed by atoms with Crippen LogP contribution in [0.5, 0.6) is 11.5 Å². The van der Waals surface area contributed by atoms with Crippen molar-refractivity contribution in [3.8, 4) is 11.5 Å². The Bertz CT molecular complexity index is 637. The second-order valence-corrected chi connectivity index (χ2v) is 4.24. The maximum Gasteiger partial charge on any atom is 0.339 e. The van der Waals surface area contributed by atoms with E-state index in [-0.39, 0.29) is 37.7 Å². The molecule has 6 heteroatoms. The van der Waals surface area contributed by atoms with Crippen LogP contribution >= 0.6 is 0 Å². The van der Waals surface area contributed by atoms with Crippen LogP contribution in [-0.2, 0) is 0 Å². The molecule has 0 amide bonds. The van der Waals surface area contributed by atoms with Gasteiger partial charge < -0.3 is 24.8 Å². The van der Waals surface area contributed by atoms with Crippen LogP contribution in [0.4, 0.5) is 0 Å². The molecule has 0 aliphatic heterocycles. The van der Waals surface area contributed by atoms with E-state index in [1.54, 1.807) is 24.3 Å². The van der Waals surface area contributed by atoms with Gasteiger partial charge in [0.25, 0.3) is 0 Å². The van der Waals surface area contributed by atoms with E-state index in [9.17, 15) is 9.90 Å². The summed E-state index contributed by atoms with van der Waals surface area (Å²) in [6, 6.07) is 8.24. The molecule has 3 N–H and O–H groups in total. The summed E-state index contributed by atoms with van der Waals surface area (Å²) in [5, 5.41) is 28.2. The third-order valence-corrected chi connectivity index (χ3v) is 2.89. The van der Waals surface area contributed by atoms with Crippen LogP contribution in [0.3, 0.4) is 0 Å². The largest absolute Gasteiger partial charge is 0.491 e. The lowest BCUT2D eigenvalue weighted by atomic mass is 10.0. The molecule has 0 bridgehead atoms. The van der Waals surface area contributed by atoms with Crippen LogP contribution in [0.25, 0.3) is 10.8 Å². The molecule has 0 aliphatic carbocycles. The molecule has 112 valence electrons. The van der Waals surface area contributed by atoms with Crippen molar-refractivity contribution in [2.24, 2.45) is 0 Å². The third kappa shape index (κ3) is 3.24. The molecule has 6 nitrogen and oxygen atoms in total. The van der Waals surface area contributed by atoms with Crippen molar-refractivity contribution >= 4 is 16.7 Å². The Balaban J connectivity index is 2.57. The number of hydrogen-bond donors (Lipinski definition) is 3. The van der Waals surface area contributed by atoms with Crippen molar-refractivity contribution in [3.05, 3.63) is 35.9 Å². The minimum absolute atomic E-state index is 0.00111. The zero-order chi connectivity index (χ0) is 15.2. The quantitative estimate of drug-likeness (QED) is 0.711. The zero-order valence-corrected chi connectivity index (χ0v) is 11.3. The first-order chi connectivity index (χ1) is 10.2. The number of aliphatic hydroxyl groups excluding tert-OH is 2. The number of carbonyl (C=O) groups is 1. The first-order valence-electron chi connectivity index (χ1n) is 6.45.